The predicted octanol–water partition coefficient (Wildman–Crippen LogP) is 2.69. The third kappa shape index (κ3) is 3.33. The van der Waals surface area contributed by atoms with E-state index in [4.69, 9.17) is 17.3 Å². The maximum Gasteiger partial charge on any atom is 0.255 e. The van der Waals surface area contributed by atoms with Gasteiger partial charge in [0.25, 0.3) is 5.91 Å². The highest BCUT2D eigenvalue weighted by atomic mass is 35.5. The van der Waals surface area contributed by atoms with Crippen molar-refractivity contribution in [3.63, 3.8) is 0 Å². The summed E-state index contributed by atoms with van der Waals surface area (Å²) in [5.41, 5.74) is 6.51. The molecule has 0 aliphatic rings. The number of hydrogen-bond acceptors (Lipinski definition) is 2. The van der Waals surface area contributed by atoms with Gasteiger partial charge in [-0.3, -0.25) is 9.59 Å². The minimum atomic E-state index is -0.539. The monoisotopic (exact) mass is 274 g/mol. The Morgan fingerprint density at radius 1 is 1.00 bits per heavy atom. The highest BCUT2D eigenvalue weighted by Crippen LogP contribution is 2.14. The third-order valence-electron chi connectivity index (χ3n) is 2.51. The van der Waals surface area contributed by atoms with Crippen molar-refractivity contribution in [2.24, 2.45) is 5.73 Å². The highest BCUT2D eigenvalue weighted by Gasteiger charge is 2.07. The molecule has 2 rings (SSSR count). The van der Waals surface area contributed by atoms with Gasteiger partial charge in [-0.2, -0.15) is 0 Å². The molecular formula is C14H11ClN2O2. The zero-order chi connectivity index (χ0) is 13.8. The summed E-state index contributed by atoms with van der Waals surface area (Å²) in [6.45, 7) is 0. The van der Waals surface area contributed by atoms with Crippen LogP contribution in [0.5, 0.6) is 0 Å². The van der Waals surface area contributed by atoms with Crippen molar-refractivity contribution in [1.82, 2.24) is 0 Å². The Bertz CT molecular complexity index is 624. The van der Waals surface area contributed by atoms with Gasteiger partial charge in [0.2, 0.25) is 5.91 Å². The quantitative estimate of drug-likeness (QED) is 0.903. The van der Waals surface area contributed by atoms with Crippen LogP contribution in [0.3, 0.4) is 0 Å². The fraction of sp³-hybridized carbons (Fsp3) is 0. The van der Waals surface area contributed by atoms with Crippen molar-refractivity contribution in [2.75, 3.05) is 5.32 Å². The first kappa shape index (κ1) is 13.1. The molecule has 3 N–H and O–H groups in total. The topological polar surface area (TPSA) is 72.2 Å². The van der Waals surface area contributed by atoms with Gasteiger partial charge in [-0.05, 0) is 42.5 Å². The van der Waals surface area contributed by atoms with Crippen molar-refractivity contribution >= 4 is 29.1 Å². The molecule has 0 saturated heterocycles. The molecule has 4 nitrogen and oxygen atoms in total. The highest BCUT2D eigenvalue weighted by molar-refractivity contribution is 6.30. The van der Waals surface area contributed by atoms with Crippen molar-refractivity contribution in [3.05, 3.63) is 64.7 Å². The third-order valence-corrected chi connectivity index (χ3v) is 2.76. The summed E-state index contributed by atoms with van der Waals surface area (Å²) >= 11 is 5.75. The standard InChI is InChI=1S/C14H11ClN2O2/c15-11-6-4-9(5-7-11)14(19)17-12-3-1-2-10(8-12)13(16)18/h1-8H,(H2,16,18)(H,17,19). The molecule has 2 aromatic rings. The lowest BCUT2D eigenvalue weighted by atomic mass is 10.1. The normalized spacial score (nSPS) is 9.95. The van der Waals surface area contributed by atoms with Crippen LogP contribution in [0, 0.1) is 0 Å². The number of primary amides is 1. The number of benzene rings is 2. The summed E-state index contributed by atoms with van der Waals surface area (Å²) in [6.07, 6.45) is 0. The smallest absolute Gasteiger partial charge is 0.255 e. The molecule has 19 heavy (non-hydrogen) atoms. The van der Waals surface area contributed by atoms with Crippen LogP contribution in [0.1, 0.15) is 20.7 Å². The molecule has 0 spiro atoms. The molecule has 0 radical (unpaired) electrons. The van der Waals surface area contributed by atoms with E-state index < -0.39 is 5.91 Å². The number of anilines is 1. The summed E-state index contributed by atoms with van der Waals surface area (Å²) < 4.78 is 0. The van der Waals surface area contributed by atoms with E-state index in [1.165, 1.54) is 6.07 Å². The summed E-state index contributed by atoms with van der Waals surface area (Å²) in [5.74, 6) is -0.819. The first-order valence-electron chi connectivity index (χ1n) is 5.53. The molecule has 0 atom stereocenters. The van der Waals surface area contributed by atoms with Crippen LogP contribution in [0.2, 0.25) is 5.02 Å². The number of nitrogens with two attached hydrogens (primary N) is 1. The Labute approximate surface area is 115 Å². The number of carbonyl (C=O) groups is 2. The van der Waals surface area contributed by atoms with Crippen molar-refractivity contribution in [2.45, 2.75) is 0 Å². The van der Waals surface area contributed by atoms with Gasteiger partial charge < -0.3 is 11.1 Å². The average molecular weight is 275 g/mol. The first-order valence-corrected chi connectivity index (χ1v) is 5.91. The van der Waals surface area contributed by atoms with E-state index in [2.05, 4.69) is 5.32 Å². The maximum absolute atomic E-state index is 11.9. The van der Waals surface area contributed by atoms with E-state index in [0.717, 1.165) is 0 Å². The fourth-order valence-corrected chi connectivity index (χ4v) is 1.68. The molecule has 5 heteroatoms. The number of carbonyl (C=O) groups excluding carboxylic acids is 2. The van der Waals surface area contributed by atoms with Crippen molar-refractivity contribution < 1.29 is 9.59 Å². The molecule has 0 heterocycles. The van der Waals surface area contributed by atoms with Crippen LogP contribution in [-0.4, -0.2) is 11.8 Å². The van der Waals surface area contributed by atoms with E-state index in [0.29, 0.717) is 21.8 Å². The fourth-order valence-electron chi connectivity index (χ4n) is 1.55. The minimum absolute atomic E-state index is 0.279. The maximum atomic E-state index is 11.9. The lowest BCUT2D eigenvalue weighted by Gasteiger charge is -2.06. The summed E-state index contributed by atoms with van der Waals surface area (Å²) in [6, 6.07) is 13.0. The number of halogens is 1. The van der Waals surface area contributed by atoms with Gasteiger partial charge in [0.1, 0.15) is 0 Å². The number of hydrogen-bond donors (Lipinski definition) is 2. The Morgan fingerprint density at radius 2 is 1.68 bits per heavy atom. The van der Waals surface area contributed by atoms with Gasteiger partial charge in [-0.25, -0.2) is 0 Å². The van der Waals surface area contributed by atoms with Crippen LogP contribution in [0.4, 0.5) is 5.69 Å². The van der Waals surface area contributed by atoms with Crippen LogP contribution in [0.15, 0.2) is 48.5 Å². The van der Waals surface area contributed by atoms with Gasteiger partial charge in [-0.15, -0.1) is 0 Å². The zero-order valence-electron chi connectivity index (χ0n) is 9.89. The van der Waals surface area contributed by atoms with Crippen molar-refractivity contribution in [1.29, 1.82) is 0 Å². The van der Waals surface area contributed by atoms with Gasteiger partial charge in [0.15, 0.2) is 0 Å². The Morgan fingerprint density at radius 3 is 2.32 bits per heavy atom. The van der Waals surface area contributed by atoms with Crippen LogP contribution in [-0.2, 0) is 0 Å². The van der Waals surface area contributed by atoms with Gasteiger partial charge in [-0.1, -0.05) is 17.7 Å². The molecule has 0 aliphatic carbocycles. The van der Waals surface area contributed by atoms with Gasteiger partial charge in [0, 0.05) is 21.8 Å². The van der Waals surface area contributed by atoms with E-state index >= 15 is 0 Å². The molecule has 2 amide bonds. The number of nitrogens with one attached hydrogen (secondary N) is 1. The van der Waals surface area contributed by atoms with Gasteiger partial charge in [0.05, 0.1) is 0 Å². The summed E-state index contributed by atoms with van der Waals surface area (Å²) in [5, 5.41) is 3.25. The SMILES string of the molecule is NC(=O)c1cccc(NC(=O)c2ccc(Cl)cc2)c1. The van der Waals surface area contributed by atoms with E-state index in [1.807, 2.05) is 0 Å². The Balaban J connectivity index is 2.17. The lowest BCUT2D eigenvalue weighted by Crippen LogP contribution is -2.14. The van der Waals surface area contributed by atoms with E-state index in [-0.39, 0.29) is 5.91 Å². The Hall–Kier alpha value is -2.33. The number of amides is 2. The lowest BCUT2D eigenvalue weighted by molar-refractivity contribution is 0.0996. The largest absolute Gasteiger partial charge is 0.366 e. The number of rotatable bonds is 3. The van der Waals surface area contributed by atoms with Crippen LogP contribution >= 0.6 is 11.6 Å². The molecule has 0 unspecified atom stereocenters. The molecule has 0 aliphatic heterocycles. The minimum Gasteiger partial charge on any atom is -0.366 e. The second-order valence-electron chi connectivity index (χ2n) is 3.91. The first-order chi connectivity index (χ1) is 9.06. The average Bonchev–Trinajstić information content (AvgIpc) is 2.39. The second-order valence-corrected chi connectivity index (χ2v) is 4.34. The van der Waals surface area contributed by atoms with E-state index in [1.54, 1.807) is 42.5 Å². The molecule has 0 aromatic heterocycles. The molecule has 0 bridgehead atoms. The zero-order valence-corrected chi connectivity index (χ0v) is 10.6. The molecule has 0 saturated carbocycles. The van der Waals surface area contributed by atoms with Crippen LogP contribution in [0.25, 0.3) is 0 Å². The molecular weight excluding hydrogens is 264 g/mol. The summed E-state index contributed by atoms with van der Waals surface area (Å²) in [4.78, 5) is 23.0. The molecule has 2 aromatic carbocycles. The molecule has 96 valence electrons. The molecule has 0 fully saturated rings. The summed E-state index contributed by atoms with van der Waals surface area (Å²) in [7, 11) is 0. The second kappa shape index (κ2) is 5.54. The van der Waals surface area contributed by atoms with E-state index in [9.17, 15) is 9.59 Å². The van der Waals surface area contributed by atoms with Crippen LogP contribution < -0.4 is 11.1 Å². The predicted molar refractivity (Wildman–Crippen MR) is 74.4 cm³/mol. The van der Waals surface area contributed by atoms with Gasteiger partial charge >= 0.3 is 0 Å². The Kier molecular flexibility index (Phi) is 3.82. The van der Waals surface area contributed by atoms with Crippen molar-refractivity contribution in [3.8, 4) is 0 Å².